The predicted octanol–water partition coefficient (Wildman–Crippen LogP) is 0.991. The standard InChI is InChI=1S/C10H10BrN3O3S/c11-7-2-1-6(17-7)9(16)13-5-8(15)14-10-12-3-4-18-10/h1-2H,3-5H2,(H,13,16)(H,12,14,15). The van der Waals surface area contributed by atoms with E-state index in [2.05, 4.69) is 31.6 Å². The minimum absolute atomic E-state index is 0.114. The lowest BCUT2D eigenvalue weighted by atomic mass is 10.4. The highest BCUT2D eigenvalue weighted by atomic mass is 79.9. The summed E-state index contributed by atoms with van der Waals surface area (Å²) in [6.45, 7) is 0.601. The largest absolute Gasteiger partial charge is 0.444 e. The molecule has 0 fully saturated rings. The van der Waals surface area contributed by atoms with E-state index in [0.29, 0.717) is 16.4 Å². The zero-order chi connectivity index (χ0) is 13.0. The van der Waals surface area contributed by atoms with Crippen LogP contribution in [0.3, 0.4) is 0 Å². The molecule has 18 heavy (non-hydrogen) atoms. The Morgan fingerprint density at radius 1 is 1.50 bits per heavy atom. The van der Waals surface area contributed by atoms with Gasteiger partial charge < -0.3 is 15.1 Å². The molecule has 6 nitrogen and oxygen atoms in total. The summed E-state index contributed by atoms with van der Waals surface area (Å²) in [6.07, 6.45) is 0. The third-order valence-electron chi connectivity index (χ3n) is 2.04. The van der Waals surface area contributed by atoms with E-state index in [1.165, 1.54) is 17.8 Å². The molecule has 0 unspecified atom stereocenters. The summed E-state index contributed by atoms with van der Waals surface area (Å²) < 4.78 is 5.52. The van der Waals surface area contributed by atoms with Gasteiger partial charge in [-0.15, -0.1) is 0 Å². The van der Waals surface area contributed by atoms with Crippen molar-refractivity contribution in [2.24, 2.45) is 4.99 Å². The lowest BCUT2D eigenvalue weighted by Gasteiger charge is -2.04. The Morgan fingerprint density at radius 2 is 2.33 bits per heavy atom. The van der Waals surface area contributed by atoms with Crippen molar-refractivity contribution in [1.29, 1.82) is 0 Å². The van der Waals surface area contributed by atoms with Crippen molar-refractivity contribution in [3.8, 4) is 0 Å². The topological polar surface area (TPSA) is 83.7 Å². The minimum Gasteiger partial charge on any atom is -0.444 e. The fourth-order valence-corrected chi connectivity index (χ4v) is 2.31. The van der Waals surface area contributed by atoms with Gasteiger partial charge in [0.15, 0.2) is 15.6 Å². The molecule has 96 valence electrons. The van der Waals surface area contributed by atoms with Crippen LogP contribution in [0.2, 0.25) is 0 Å². The molecule has 1 aliphatic rings. The number of aliphatic imine (C=N–C) groups is 1. The minimum atomic E-state index is -0.433. The van der Waals surface area contributed by atoms with E-state index in [-0.39, 0.29) is 18.2 Å². The van der Waals surface area contributed by atoms with Gasteiger partial charge in [-0.3, -0.25) is 14.6 Å². The Morgan fingerprint density at radius 3 is 2.94 bits per heavy atom. The molecule has 2 N–H and O–H groups in total. The number of halogens is 1. The highest BCUT2D eigenvalue weighted by Gasteiger charge is 2.14. The molecule has 0 saturated heterocycles. The monoisotopic (exact) mass is 331 g/mol. The molecule has 2 heterocycles. The number of amides is 2. The van der Waals surface area contributed by atoms with Crippen molar-refractivity contribution in [2.45, 2.75) is 0 Å². The summed E-state index contributed by atoms with van der Waals surface area (Å²) in [5.74, 6) is 0.295. The number of nitrogens with one attached hydrogen (secondary N) is 2. The van der Waals surface area contributed by atoms with Gasteiger partial charge in [-0.25, -0.2) is 0 Å². The van der Waals surface area contributed by atoms with E-state index in [4.69, 9.17) is 4.42 Å². The third-order valence-corrected chi connectivity index (χ3v) is 3.36. The fraction of sp³-hybridized carbons (Fsp3) is 0.300. The Hall–Kier alpha value is -1.28. The summed E-state index contributed by atoms with van der Waals surface area (Å²) in [5, 5.41) is 5.67. The number of thioether (sulfide) groups is 1. The van der Waals surface area contributed by atoms with Crippen LogP contribution < -0.4 is 10.6 Å². The number of nitrogens with zero attached hydrogens (tertiary/aromatic N) is 1. The Bertz CT molecular complexity index is 500. The normalized spacial score (nSPS) is 14.2. The summed E-state index contributed by atoms with van der Waals surface area (Å²) in [6, 6.07) is 3.13. The second-order valence-corrected chi connectivity index (χ2v) is 5.24. The molecule has 1 aromatic rings. The predicted molar refractivity (Wildman–Crippen MR) is 71.6 cm³/mol. The highest BCUT2D eigenvalue weighted by molar-refractivity contribution is 9.10. The summed E-state index contributed by atoms with van der Waals surface area (Å²) in [5.41, 5.74) is 0. The number of amidine groups is 1. The van der Waals surface area contributed by atoms with Crippen molar-refractivity contribution in [3.05, 3.63) is 22.6 Å². The molecule has 2 amide bonds. The molecule has 8 heteroatoms. The van der Waals surface area contributed by atoms with Crippen molar-refractivity contribution in [3.63, 3.8) is 0 Å². The summed E-state index contributed by atoms with van der Waals surface area (Å²) >= 11 is 4.58. The van der Waals surface area contributed by atoms with Crippen LogP contribution in [-0.4, -0.2) is 35.8 Å². The van der Waals surface area contributed by atoms with Crippen LogP contribution in [0.5, 0.6) is 0 Å². The first-order chi connectivity index (χ1) is 8.65. The molecule has 0 atom stereocenters. The second-order valence-electron chi connectivity index (χ2n) is 3.37. The molecule has 0 aliphatic carbocycles. The quantitative estimate of drug-likeness (QED) is 0.865. The molecule has 0 spiro atoms. The Labute approximate surface area is 116 Å². The van der Waals surface area contributed by atoms with E-state index >= 15 is 0 Å². The van der Waals surface area contributed by atoms with Crippen LogP contribution in [0, 0.1) is 0 Å². The number of carbonyl (C=O) groups excluding carboxylic acids is 2. The maximum absolute atomic E-state index is 11.6. The second kappa shape index (κ2) is 6.05. The molecule has 1 aromatic heterocycles. The van der Waals surface area contributed by atoms with Crippen LogP contribution in [0.4, 0.5) is 0 Å². The first-order valence-corrected chi connectivity index (χ1v) is 6.93. The van der Waals surface area contributed by atoms with E-state index in [9.17, 15) is 9.59 Å². The molecule has 0 saturated carbocycles. The third kappa shape index (κ3) is 3.61. The number of rotatable bonds is 3. The van der Waals surface area contributed by atoms with Crippen LogP contribution in [-0.2, 0) is 4.79 Å². The van der Waals surface area contributed by atoms with Crippen molar-refractivity contribution < 1.29 is 14.0 Å². The summed E-state index contributed by atoms with van der Waals surface area (Å²) in [4.78, 5) is 27.1. The van der Waals surface area contributed by atoms with Gasteiger partial charge in [0, 0.05) is 5.75 Å². The summed E-state index contributed by atoms with van der Waals surface area (Å²) in [7, 11) is 0. The number of carbonyl (C=O) groups is 2. The van der Waals surface area contributed by atoms with Crippen LogP contribution in [0.15, 0.2) is 26.2 Å². The van der Waals surface area contributed by atoms with Crippen LogP contribution in [0.25, 0.3) is 0 Å². The lowest BCUT2D eigenvalue weighted by Crippen LogP contribution is -2.38. The molecule has 0 bridgehead atoms. The first-order valence-electron chi connectivity index (χ1n) is 5.16. The molecule has 1 aliphatic heterocycles. The van der Waals surface area contributed by atoms with Gasteiger partial charge in [-0.05, 0) is 28.1 Å². The van der Waals surface area contributed by atoms with Crippen molar-refractivity contribution in [1.82, 2.24) is 10.6 Å². The van der Waals surface area contributed by atoms with E-state index in [1.807, 2.05) is 0 Å². The number of hydrogen-bond donors (Lipinski definition) is 2. The van der Waals surface area contributed by atoms with E-state index in [0.717, 1.165) is 5.75 Å². The SMILES string of the molecule is O=C(CNC(=O)c1ccc(Br)o1)NC1=NCCS1. The maximum Gasteiger partial charge on any atom is 0.287 e. The Kier molecular flexibility index (Phi) is 4.43. The van der Waals surface area contributed by atoms with Gasteiger partial charge in [0.05, 0.1) is 13.1 Å². The van der Waals surface area contributed by atoms with E-state index < -0.39 is 5.91 Å². The molecular weight excluding hydrogens is 322 g/mol. The van der Waals surface area contributed by atoms with Gasteiger partial charge in [0.1, 0.15) is 0 Å². The lowest BCUT2D eigenvalue weighted by molar-refractivity contribution is -0.118. The number of furan rings is 1. The first kappa shape index (κ1) is 13.2. The molecular formula is C10H10BrN3O3S. The maximum atomic E-state index is 11.6. The smallest absolute Gasteiger partial charge is 0.287 e. The van der Waals surface area contributed by atoms with Crippen LogP contribution >= 0.6 is 27.7 Å². The molecule has 2 rings (SSSR count). The van der Waals surface area contributed by atoms with Gasteiger partial charge in [-0.2, -0.15) is 0 Å². The van der Waals surface area contributed by atoms with Gasteiger partial charge in [0.25, 0.3) is 5.91 Å². The zero-order valence-electron chi connectivity index (χ0n) is 9.23. The highest BCUT2D eigenvalue weighted by Crippen LogP contribution is 2.13. The molecule has 0 aromatic carbocycles. The number of hydrogen-bond acceptors (Lipinski definition) is 5. The van der Waals surface area contributed by atoms with Gasteiger partial charge >= 0.3 is 0 Å². The van der Waals surface area contributed by atoms with Crippen molar-refractivity contribution in [2.75, 3.05) is 18.8 Å². The fourth-order valence-electron chi connectivity index (χ4n) is 1.26. The average Bonchev–Trinajstić information content (AvgIpc) is 2.97. The Balaban J connectivity index is 1.77. The van der Waals surface area contributed by atoms with Crippen molar-refractivity contribution >= 4 is 44.7 Å². The van der Waals surface area contributed by atoms with E-state index in [1.54, 1.807) is 6.07 Å². The average molecular weight is 332 g/mol. The van der Waals surface area contributed by atoms with Gasteiger partial charge in [-0.1, -0.05) is 11.8 Å². The van der Waals surface area contributed by atoms with Gasteiger partial charge in [0.2, 0.25) is 5.91 Å². The van der Waals surface area contributed by atoms with Crippen LogP contribution in [0.1, 0.15) is 10.6 Å². The zero-order valence-corrected chi connectivity index (χ0v) is 11.6. The molecule has 0 radical (unpaired) electrons.